The van der Waals surface area contributed by atoms with Crippen molar-refractivity contribution in [2.75, 3.05) is 6.61 Å². The van der Waals surface area contributed by atoms with Crippen LogP contribution >= 0.6 is 0 Å². The molecule has 0 atom stereocenters. The van der Waals surface area contributed by atoms with Crippen molar-refractivity contribution in [1.82, 2.24) is 29.1 Å². The predicted octanol–water partition coefficient (Wildman–Crippen LogP) is 3.72. The van der Waals surface area contributed by atoms with Crippen LogP contribution < -0.4 is 0 Å². The lowest BCUT2D eigenvalue weighted by atomic mass is 9.91. The van der Waals surface area contributed by atoms with Crippen LogP contribution in [0.15, 0.2) is 67.5 Å². The number of carbonyl (C=O) groups is 1. The Morgan fingerprint density at radius 1 is 1.09 bits per heavy atom. The molecule has 8 nitrogen and oxygen atoms in total. The third kappa shape index (κ3) is 2.87. The van der Waals surface area contributed by atoms with Crippen LogP contribution in [0.1, 0.15) is 41.4 Å². The predicted molar refractivity (Wildman–Crippen MR) is 118 cm³/mol. The number of carbonyl (C=O) groups excluding carboxylic acids is 1. The Kier molecular flexibility index (Phi) is 4.07. The van der Waals surface area contributed by atoms with Gasteiger partial charge in [-0.05, 0) is 43.5 Å². The van der Waals surface area contributed by atoms with E-state index in [0.717, 1.165) is 35.1 Å². The summed E-state index contributed by atoms with van der Waals surface area (Å²) in [4.78, 5) is 25.5. The molecule has 32 heavy (non-hydrogen) atoms. The minimum absolute atomic E-state index is 0.0933. The van der Waals surface area contributed by atoms with Gasteiger partial charge in [-0.2, -0.15) is 5.10 Å². The fourth-order valence-corrected chi connectivity index (χ4v) is 4.31. The first-order chi connectivity index (χ1) is 15.7. The first kappa shape index (κ1) is 18.7. The number of aromatic nitrogens is 6. The van der Waals surface area contributed by atoms with Gasteiger partial charge < -0.3 is 4.74 Å². The highest BCUT2D eigenvalue weighted by molar-refractivity contribution is 5.88. The summed E-state index contributed by atoms with van der Waals surface area (Å²) < 4.78 is 8.72. The average Bonchev–Trinajstić information content (AvgIpc) is 3.28. The van der Waals surface area contributed by atoms with Gasteiger partial charge in [-0.25, -0.2) is 19.4 Å². The van der Waals surface area contributed by atoms with E-state index in [4.69, 9.17) is 4.74 Å². The van der Waals surface area contributed by atoms with Crippen molar-refractivity contribution in [1.29, 1.82) is 0 Å². The first-order valence-electron chi connectivity index (χ1n) is 10.6. The molecule has 0 amide bonds. The summed E-state index contributed by atoms with van der Waals surface area (Å²) >= 11 is 0. The maximum atomic E-state index is 12.0. The monoisotopic (exact) mass is 424 g/mol. The molecule has 0 bridgehead atoms. The van der Waals surface area contributed by atoms with Crippen LogP contribution in [0.2, 0.25) is 0 Å². The largest absolute Gasteiger partial charge is 0.462 e. The van der Waals surface area contributed by atoms with Gasteiger partial charge in [0.2, 0.25) is 5.78 Å². The molecule has 1 aliphatic rings. The summed E-state index contributed by atoms with van der Waals surface area (Å²) in [5, 5.41) is 5.45. The van der Waals surface area contributed by atoms with Crippen molar-refractivity contribution in [3.05, 3.63) is 84.3 Å². The first-order valence-corrected chi connectivity index (χ1v) is 10.6. The van der Waals surface area contributed by atoms with E-state index in [1.54, 1.807) is 24.0 Å². The molecule has 4 heterocycles. The number of ether oxygens (including phenoxy) is 1. The Balaban J connectivity index is 1.42. The highest BCUT2D eigenvalue weighted by Gasteiger charge is 2.48. The summed E-state index contributed by atoms with van der Waals surface area (Å²) in [6.07, 6.45) is 12.7. The van der Waals surface area contributed by atoms with Crippen LogP contribution in [-0.4, -0.2) is 41.7 Å². The maximum Gasteiger partial charge on any atom is 0.341 e. The number of rotatable bonds is 5. The molecule has 0 spiro atoms. The lowest BCUT2D eigenvalue weighted by Crippen LogP contribution is -2.12. The molecule has 158 valence electrons. The van der Waals surface area contributed by atoms with Crippen LogP contribution in [-0.2, 0) is 10.2 Å². The Labute approximate surface area is 183 Å². The molecule has 0 aliphatic heterocycles. The number of esters is 1. The van der Waals surface area contributed by atoms with Gasteiger partial charge in [0.15, 0.2) is 0 Å². The topological polar surface area (TPSA) is 87.2 Å². The minimum Gasteiger partial charge on any atom is -0.462 e. The summed E-state index contributed by atoms with van der Waals surface area (Å²) in [6, 6.07) is 10.5. The van der Waals surface area contributed by atoms with E-state index in [0.29, 0.717) is 17.9 Å². The van der Waals surface area contributed by atoms with Gasteiger partial charge in [-0.15, -0.1) is 0 Å². The summed E-state index contributed by atoms with van der Waals surface area (Å²) in [5.74, 6) is 0.245. The Morgan fingerprint density at radius 3 is 2.81 bits per heavy atom. The van der Waals surface area contributed by atoms with Crippen molar-refractivity contribution < 1.29 is 9.53 Å². The Hall–Kier alpha value is -4.07. The number of benzene rings is 1. The molecular formula is C24H20N6O2. The second-order valence-corrected chi connectivity index (χ2v) is 8.01. The van der Waals surface area contributed by atoms with Crippen LogP contribution in [0.4, 0.5) is 0 Å². The standard InChI is InChI=1S/C24H20N6O2/c1-2-32-22(31)17-11-28-30(14-17)19-12-26-23-27-13-21(29(23)15-19)24(7-8-24)18-5-6-20-16(10-18)4-3-9-25-20/h3-6,9-15H,2,7-8H2,1H3. The van der Waals surface area contributed by atoms with Gasteiger partial charge in [0.25, 0.3) is 0 Å². The van der Waals surface area contributed by atoms with Crippen LogP contribution in [0.25, 0.3) is 22.4 Å². The Bertz CT molecular complexity index is 1480. The zero-order chi connectivity index (χ0) is 21.7. The van der Waals surface area contributed by atoms with E-state index in [1.807, 2.05) is 29.1 Å². The zero-order valence-electron chi connectivity index (χ0n) is 17.5. The van der Waals surface area contributed by atoms with Gasteiger partial charge in [0.05, 0.1) is 47.7 Å². The lowest BCUT2D eigenvalue weighted by molar-refractivity contribution is 0.0526. The lowest BCUT2D eigenvalue weighted by Gasteiger charge is -2.16. The fraction of sp³-hybridized carbons (Fsp3) is 0.208. The maximum absolute atomic E-state index is 12.0. The molecule has 1 fully saturated rings. The SMILES string of the molecule is CCOC(=O)c1cnn(-c2cnc3ncc(C4(c5ccc6ncccc6c5)CC4)n3c2)c1. The molecular weight excluding hydrogens is 404 g/mol. The normalized spacial score (nSPS) is 14.7. The van der Waals surface area contributed by atoms with Crippen molar-refractivity contribution in [2.45, 2.75) is 25.2 Å². The van der Waals surface area contributed by atoms with Gasteiger partial charge in [0, 0.05) is 29.4 Å². The van der Waals surface area contributed by atoms with Crippen LogP contribution in [0.3, 0.4) is 0 Å². The molecule has 0 N–H and O–H groups in total. The highest BCUT2D eigenvalue weighted by atomic mass is 16.5. The fourth-order valence-electron chi connectivity index (χ4n) is 4.31. The van der Waals surface area contributed by atoms with Gasteiger partial charge in [-0.3, -0.25) is 9.38 Å². The second-order valence-electron chi connectivity index (χ2n) is 8.01. The van der Waals surface area contributed by atoms with Crippen LogP contribution in [0.5, 0.6) is 0 Å². The summed E-state index contributed by atoms with van der Waals surface area (Å²) in [7, 11) is 0. The Morgan fingerprint density at radius 2 is 1.97 bits per heavy atom. The van der Waals surface area contributed by atoms with E-state index >= 15 is 0 Å². The van der Waals surface area contributed by atoms with Crippen LogP contribution in [0, 0.1) is 0 Å². The van der Waals surface area contributed by atoms with Gasteiger partial charge in [0.1, 0.15) is 0 Å². The van der Waals surface area contributed by atoms with E-state index in [2.05, 4.69) is 44.3 Å². The number of imidazole rings is 1. The van der Waals surface area contributed by atoms with Crippen molar-refractivity contribution in [3.63, 3.8) is 0 Å². The summed E-state index contributed by atoms with van der Waals surface area (Å²) in [5.41, 5.74) is 4.40. The van der Waals surface area contributed by atoms with Crippen molar-refractivity contribution >= 4 is 22.6 Å². The third-order valence-corrected chi connectivity index (χ3v) is 6.11. The van der Waals surface area contributed by atoms with Gasteiger partial charge in [-0.1, -0.05) is 12.1 Å². The molecule has 1 aromatic carbocycles. The number of fused-ring (bicyclic) bond motifs is 2. The molecule has 8 heteroatoms. The van der Waals surface area contributed by atoms with Gasteiger partial charge >= 0.3 is 5.97 Å². The molecule has 4 aromatic heterocycles. The molecule has 6 rings (SSSR count). The second kappa shape index (κ2) is 6.98. The molecule has 5 aromatic rings. The third-order valence-electron chi connectivity index (χ3n) is 6.11. The average molecular weight is 424 g/mol. The molecule has 1 aliphatic carbocycles. The zero-order valence-corrected chi connectivity index (χ0v) is 17.5. The highest BCUT2D eigenvalue weighted by Crippen LogP contribution is 2.53. The van der Waals surface area contributed by atoms with E-state index in [9.17, 15) is 4.79 Å². The van der Waals surface area contributed by atoms with E-state index in [1.165, 1.54) is 11.8 Å². The molecule has 0 saturated heterocycles. The summed E-state index contributed by atoms with van der Waals surface area (Å²) in [6.45, 7) is 2.10. The van der Waals surface area contributed by atoms with Crippen molar-refractivity contribution in [2.24, 2.45) is 0 Å². The molecule has 1 saturated carbocycles. The number of nitrogens with zero attached hydrogens (tertiary/aromatic N) is 6. The molecule has 0 radical (unpaired) electrons. The molecule has 0 unspecified atom stereocenters. The smallest absolute Gasteiger partial charge is 0.341 e. The van der Waals surface area contributed by atoms with E-state index < -0.39 is 0 Å². The van der Waals surface area contributed by atoms with E-state index in [-0.39, 0.29) is 11.4 Å². The van der Waals surface area contributed by atoms with Crippen molar-refractivity contribution in [3.8, 4) is 5.69 Å². The minimum atomic E-state index is -0.390. The number of pyridine rings is 1. The quantitative estimate of drug-likeness (QED) is 0.400. The number of hydrogen-bond donors (Lipinski definition) is 0. The number of hydrogen-bond acceptors (Lipinski definition) is 6.